The molecule has 2 aromatic carbocycles. The number of phenolic OH excluding ortho intramolecular Hbond substituents is 1. The normalized spacial score (nSPS) is 9.48. The zero-order valence-corrected chi connectivity index (χ0v) is 13.8. The Hall–Kier alpha value is -1.73. The minimum atomic E-state index is -0.612. The van der Waals surface area contributed by atoms with Gasteiger partial charge in [-0.3, -0.25) is 4.79 Å². The number of primary amides is 1. The van der Waals surface area contributed by atoms with Crippen LogP contribution in [-0.4, -0.2) is 17.2 Å². The summed E-state index contributed by atoms with van der Waals surface area (Å²) in [5.41, 5.74) is 5.56. The Morgan fingerprint density at radius 1 is 1.29 bits per heavy atom. The molecule has 0 fully saturated rings. The molecule has 2 aromatic rings. The SMILES string of the molecule is N=Cc1cc(Br)cc(Br)c1O.NC(=O)c1cccc(F)c1. The third-order valence-electron chi connectivity index (χ3n) is 2.32. The van der Waals surface area contributed by atoms with E-state index in [9.17, 15) is 14.3 Å². The molecule has 1 amide bonds. The van der Waals surface area contributed by atoms with Gasteiger partial charge in [-0.25, -0.2) is 4.39 Å². The second-order valence-corrected chi connectivity index (χ2v) is 5.61. The molecule has 0 heterocycles. The van der Waals surface area contributed by atoms with Crippen LogP contribution in [0.3, 0.4) is 0 Å². The maximum atomic E-state index is 12.3. The Labute approximate surface area is 137 Å². The van der Waals surface area contributed by atoms with Crippen LogP contribution in [0.4, 0.5) is 4.39 Å². The van der Waals surface area contributed by atoms with Crippen LogP contribution in [0.1, 0.15) is 15.9 Å². The first-order valence-corrected chi connectivity index (χ1v) is 7.17. The Morgan fingerprint density at radius 2 is 1.95 bits per heavy atom. The highest BCUT2D eigenvalue weighted by atomic mass is 79.9. The van der Waals surface area contributed by atoms with E-state index >= 15 is 0 Å². The number of aromatic hydroxyl groups is 1. The first-order valence-electron chi connectivity index (χ1n) is 5.59. The van der Waals surface area contributed by atoms with Crippen molar-refractivity contribution in [1.82, 2.24) is 0 Å². The lowest BCUT2D eigenvalue weighted by atomic mass is 10.2. The standard InChI is InChI=1S/C7H5Br2NO.C7H6FNO/c8-5-1-4(3-10)7(11)6(9)2-5;8-6-3-1-2-5(4-6)7(9)10/h1-3,10-11H;1-4H,(H2,9,10). The van der Waals surface area contributed by atoms with Crippen molar-refractivity contribution >= 4 is 44.0 Å². The van der Waals surface area contributed by atoms with Gasteiger partial charge in [-0.05, 0) is 46.3 Å². The van der Waals surface area contributed by atoms with Gasteiger partial charge in [0.05, 0.1) is 4.47 Å². The molecule has 0 radical (unpaired) electrons. The van der Waals surface area contributed by atoms with Crippen LogP contribution in [0.15, 0.2) is 45.3 Å². The van der Waals surface area contributed by atoms with Crippen molar-refractivity contribution in [3.63, 3.8) is 0 Å². The highest BCUT2D eigenvalue weighted by Gasteiger charge is 2.03. The molecular formula is C14H11Br2FN2O2. The number of hydrogen-bond acceptors (Lipinski definition) is 3. The molecule has 7 heteroatoms. The number of amides is 1. The van der Waals surface area contributed by atoms with E-state index in [4.69, 9.17) is 11.1 Å². The fraction of sp³-hybridized carbons (Fsp3) is 0. The fourth-order valence-corrected chi connectivity index (χ4v) is 2.60. The predicted octanol–water partition coefficient (Wildman–Crippen LogP) is 3.84. The summed E-state index contributed by atoms with van der Waals surface area (Å²) in [5.74, 6) is -0.959. The zero-order valence-electron chi connectivity index (χ0n) is 10.6. The second-order valence-electron chi connectivity index (χ2n) is 3.84. The molecule has 0 atom stereocenters. The minimum absolute atomic E-state index is 0.100. The Kier molecular flexibility index (Phi) is 6.51. The van der Waals surface area contributed by atoms with Crippen LogP contribution >= 0.6 is 31.9 Å². The summed E-state index contributed by atoms with van der Waals surface area (Å²) < 4.78 is 13.7. The van der Waals surface area contributed by atoms with E-state index in [1.54, 1.807) is 12.1 Å². The molecule has 2 rings (SSSR count). The number of rotatable bonds is 2. The van der Waals surface area contributed by atoms with E-state index in [1.807, 2.05) is 0 Å². The van der Waals surface area contributed by atoms with Crippen molar-refractivity contribution in [3.05, 3.63) is 62.3 Å². The average molecular weight is 418 g/mol. The van der Waals surface area contributed by atoms with Gasteiger partial charge in [0.15, 0.2) is 0 Å². The number of hydrogen-bond donors (Lipinski definition) is 3. The van der Waals surface area contributed by atoms with Gasteiger partial charge in [0.2, 0.25) is 5.91 Å². The van der Waals surface area contributed by atoms with E-state index < -0.39 is 11.7 Å². The lowest BCUT2D eigenvalue weighted by molar-refractivity contribution is 0.1000. The summed E-state index contributed by atoms with van der Waals surface area (Å²) in [6.45, 7) is 0. The summed E-state index contributed by atoms with van der Waals surface area (Å²) in [6.07, 6.45) is 1.10. The van der Waals surface area contributed by atoms with Crippen molar-refractivity contribution in [2.75, 3.05) is 0 Å². The summed E-state index contributed by atoms with van der Waals surface area (Å²) >= 11 is 6.40. The number of nitrogens with two attached hydrogens (primary N) is 1. The first kappa shape index (κ1) is 17.3. The number of carbonyl (C=O) groups excluding carboxylic acids is 1. The van der Waals surface area contributed by atoms with Gasteiger partial charge in [-0.1, -0.05) is 22.0 Å². The minimum Gasteiger partial charge on any atom is -0.506 e. The molecule has 0 aromatic heterocycles. The third-order valence-corrected chi connectivity index (χ3v) is 3.38. The maximum absolute atomic E-state index is 12.3. The van der Waals surface area contributed by atoms with Crippen LogP contribution in [-0.2, 0) is 0 Å². The Morgan fingerprint density at radius 3 is 2.43 bits per heavy atom. The second kappa shape index (κ2) is 7.90. The largest absolute Gasteiger partial charge is 0.506 e. The van der Waals surface area contributed by atoms with Gasteiger partial charge in [0.25, 0.3) is 0 Å². The zero-order chi connectivity index (χ0) is 16.0. The maximum Gasteiger partial charge on any atom is 0.248 e. The van der Waals surface area contributed by atoms with Crippen LogP contribution in [0, 0.1) is 11.2 Å². The fourth-order valence-electron chi connectivity index (χ4n) is 1.34. The van der Waals surface area contributed by atoms with Crippen molar-refractivity contribution < 1.29 is 14.3 Å². The molecule has 0 spiro atoms. The van der Waals surface area contributed by atoms with E-state index in [0.717, 1.165) is 16.8 Å². The van der Waals surface area contributed by atoms with Gasteiger partial charge in [-0.2, -0.15) is 0 Å². The number of benzene rings is 2. The molecule has 0 bridgehead atoms. The molecule has 0 saturated carbocycles. The number of halogens is 3. The third kappa shape index (κ3) is 5.28. The van der Waals surface area contributed by atoms with Crippen LogP contribution in [0.5, 0.6) is 5.75 Å². The predicted molar refractivity (Wildman–Crippen MR) is 86.3 cm³/mol. The Bertz CT molecular complexity index is 678. The molecule has 4 N–H and O–H groups in total. The molecular weight excluding hydrogens is 407 g/mol. The molecule has 0 aliphatic carbocycles. The monoisotopic (exact) mass is 416 g/mol. The van der Waals surface area contributed by atoms with E-state index in [2.05, 4.69) is 31.9 Å². The molecule has 0 unspecified atom stereocenters. The summed E-state index contributed by atoms with van der Waals surface area (Å²) in [6, 6.07) is 8.66. The highest BCUT2D eigenvalue weighted by molar-refractivity contribution is 9.11. The topological polar surface area (TPSA) is 87.2 Å². The highest BCUT2D eigenvalue weighted by Crippen LogP contribution is 2.30. The summed E-state index contributed by atoms with van der Waals surface area (Å²) in [5, 5.41) is 16.3. The molecule has 0 aliphatic heterocycles. The van der Waals surface area contributed by atoms with Gasteiger partial charge >= 0.3 is 0 Å². The van der Waals surface area contributed by atoms with Crippen molar-refractivity contribution in [1.29, 1.82) is 5.41 Å². The summed E-state index contributed by atoms with van der Waals surface area (Å²) in [4.78, 5) is 10.4. The van der Waals surface area contributed by atoms with Gasteiger partial charge in [-0.15, -0.1) is 0 Å². The molecule has 4 nitrogen and oxygen atoms in total. The van der Waals surface area contributed by atoms with Crippen LogP contribution in [0.25, 0.3) is 0 Å². The molecule has 110 valence electrons. The molecule has 0 saturated heterocycles. The van der Waals surface area contributed by atoms with Crippen molar-refractivity contribution in [2.24, 2.45) is 5.73 Å². The quantitative estimate of drug-likeness (QED) is 0.648. The van der Waals surface area contributed by atoms with Crippen LogP contribution < -0.4 is 5.73 Å². The number of phenols is 1. The number of carbonyl (C=O) groups is 1. The van der Waals surface area contributed by atoms with Gasteiger partial charge in [0, 0.05) is 21.8 Å². The smallest absolute Gasteiger partial charge is 0.248 e. The number of nitrogens with one attached hydrogen (secondary N) is 1. The summed E-state index contributed by atoms with van der Waals surface area (Å²) in [7, 11) is 0. The van der Waals surface area contributed by atoms with E-state index in [0.29, 0.717) is 10.0 Å². The lowest BCUT2D eigenvalue weighted by Gasteiger charge is -2.01. The van der Waals surface area contributed by atoms with Gasteiger partial charge in [0.1, 0.15) is 11.6 Å². The van der Waals surface area contributed by atoms with Crippen molar-refractivity contribution in [3.8, 4) is 5.75 Å². The lowest BCUT2D eigenvalue weighted by Crippen LogP contribution is -2.10. The van der Waals surface area contributed by atoms with Crippen molar-refractivity contribution in [2.45, 2.75) is 0 Å². The first-order chi connectivity index (χ1) is 9.85. The van der Waals surface area contributed by atoms with Gasteiger partial charge < -0.3 is 16.2 Å². The van der Waals surface area contributed by atoms with E-state index in [1.165, 1.54) is 18.2 Å². The molecule has 21 heavy (non-hydrogen) atoms. The van der Waals surface area contributed by atoms with E-state index in [-0.39, 0.29) is 11.3 Å². The molecule has 0 aliphatic rings. The Balaban J connectivity index is 0.000000211. The average Bonchev–Trinajstić information content (AvgIpc) is 2.43. The van der Waals surface area contributed by atoms with Crippen LogP contribution in [0.2, 0.25) is 0 Å².